The van der Waals surface area contributed by atoms with Crippen molar-refractivity contribution in [3.05, 3.63) is 23.3 Å². The molecular formula is C14H20O2. The molecule has 0 radical (unpaired) electrons. The van der Waals surface area contributed by atoms with Gasteiger partial charge in [-0.1, -0.05) is 45.4 Å². The number of fused-ring (bicyclic) bond motifs is 1. The Hall–Kier alpha value is -1.05. The molecule has 0 spiro atoms. The number of carboxylic acids is 1. The van der Waals surface area contributed by atoms with E-state index in [0.717, 1.165) is 18.4 Å². The molecular weight excluding hydrogens is 200 g/mol. The summed E-state index contributed by atoms with van der Waals surface area (Å²) in [7, 11) is 0. The van der Waals surface area contributed by atoms with Crippen LogP contribution in [0.4, 0.5) is 0 Å². The van der Waals surface area contributed by atoms with Gasteiger partial charge in [-0.15, -0.1) is 0 Å². The molecule has 0 amide bonds. The summed E-state index contributed by atoms with van der Waals surface area (Å²) < 4.78 is 0. The van der Waals surface area contributed by atoms with Gasteiger partial charge in [0.2, 0.25) is 0 Å². The summed E-state index contributed by atoms with van der Waals surface area (Å²) in [6.45, 7) is 8.20. The Morgan fingerprint density at radius 1 is 1.50 bits per heavy atom. The van der Waals surface area contributed by atoms with E-state index in [-0.39, 0.29) is 5.41 Å². The van der Waals surface area contributed by atoms with Crippen LogP contribution in [0.25, 0.3) is 0 Å². The monoisotopic (exact) mass is 220 g/mol. The zero-order valence-corrected chi connectivity index (χ0v) is 10.5. The molecule has 0 heterocycles. The van der Waals surface area contributed by atoms with Crippen molar-refractivity contribution in [2.75, 3.05) is 0 Å². The third kappa shape index (κ3) is 1.51. The highest BCUT2D eigenvalue weighted by molar-refractivity contribution is 5.89. The maximum Gasteiger partial charge on any atom is 0.332 e. The highest BCUT2D eigenvalue weighted by Gasteiger charge is 2.50. The minimum Gasteiger partial charge on any atom is -0.478 e. The normalized spacial score (nSPS) is 35.6. The molecule has 2 aliphatic rings. The van der Waals surface area contributed by atoms with Crippen LogP contribution in [0, 0.1) is 16.7 Å². The van der Waals surface area contributed by atoms with E-state index in [1.165, 1.54) is 0 Å². The summed E-state index contributed by atoms with van der Waals surface area (Å²) in [6.07, 6.45) is 6.43. The van der Waals surface area contributed by atoms with E-state index in [1.807, 2.05) is 20.8 Å². The van der Waals surface area contributed by atoms with Gasteiger partial charge in [0, 0.05) is 11.5 Å². The molecule has 0 saturated heterocycles. The van der Waals surface area contributed by atoms with Gasteiger partial charge in [0.15, 0.2) is 0 Å². The number of hydrogen-bond donors (Lipinski definition) is 1. The van der Waals surface area contributed by atoms with E-state index < -0.39 is 5.97 Å². The lowest BCUT2D eigenvalue weighted by molar-refractivity contribution is -0.134. The van der Waals surface area contributed by atoms with E-state index in [9.17, 15) is 9.90 Å². The number of rotatable bonds is 1. The molecule has 88 valence electrons. The molecule has 2 rings (SSSR count). The molecule has 0 aromatic rings. The fourth-order valence-electron chi connectivity index (χ4n) is 3.15. The average molecular weight is 220 g/mol. The summed E-state index contributed by atoms with van der Waals surface area (Å²) in [4.78, 5) is 11.4. The lowest BCUT2D eigenvalue weighted by Crippen LogP contribution is -2.39. The Bertz CT molecular complexity index is 395. The quantitative estimate of drug-likeness (QED) is 0.543. The summed E-state index contributed by atoms with van der Waals surface area (Å²) in [5, 5.41) is 9.37. The van der Waals surface area contributed by atoms with Crippen LogP contribution in [0.2, 0.25) is 0 Å². The third-order valence-electron chi connectivity index (χ3n) is 3.92. The Balaban J connectivity index is 2.42. The minimum atomic E-state index is -0.746. The molecule has 2 aliphatic carbocycles. The summed E-state index contributed by atoms with van der Waals surface area (Å²) in [6, 6.07) is 0. The van der Waals surface area contributed by atoms with Crippen LogP contribution in [0.15, 0.2) is 23.3 Å². The van der Waals surface area contributed by atoms with Crippen molar-refractivity contribution in [2.24, 2.45) is 16.7 Å². The van der Waals surface area contributed by atoms with Crippen molar-refractivity contribution in [2.45, 2.75) is 40.5 Å². The first-order valence-corrected chi connectivity index (χ1v) is 5.89. The first-order valence-electron chi connectivity index (χ1n) is 5.89. The van der Waals surface area contributed by atoms with Crippen LogP contribution >= 0.6 is 0 Å². The van der Waals surface area contributed by atoms with E-state index in [1.54, 1.807) is 0 Å². The summed E-state index contributed by atoms with van der Waals surface area (Å²) in [5.74, 6) is -0.373. The van der Waals surface area contributed by atoms with E-state index in [4.69, 9.17) is 0 Å². The van der Waals surface area contributed by atoms with Gasteiger partial charge < -0.3 is 5.11 Å². The van der Waals surface area contributed by atoms with Crippen molar-refractivity contribution in [1.82, 2.24) is 0 Å². The van der Waals surface area contributed by atoms with Gasteiger partial charge in [0.05, 0.1) is 0 Å². The number of hydrogen-bond acceptors (Lipinski definition) is 1. The summed E-state index contributed by atoms with van der Waals surface area (Å²) >= 11 is 0. The molecule has 1 N–H and O–H groups in total. The Labute approximate surface area is 97.0 Å². The van der Waals surface area contributed by atoms with Gasteiger partial charge in [0.1, 0.15) is 0 Å². The molecule has 16 heavy (non-hydrogen) atoms. The predicted molar refractivity (Wildman–Crippen MR) is 64.1 cm³/mol. The zero-order valence-electron chi connectivity index (χ0n) is 10.5. The number of carboxylic acid groups (broad SMARTS) is 1. The summed E-state index contributed by atoms with van der Waals surface area (Å²) in [5.41, 5.74) is 1.82. The van der Waals surface area contributed by atoms with Crippen molar-refractivity contribution in [3.63, 3.8) is 0 Å². The molecule has 0 aromatic carbocycles. The van der Waals surface area contributed by atoms with E-state index in [2.05, 4.69) is 19.1 Å². The largest absolute Gasteiger partial charge is 0.478 e. The van der Waals surface area contributed by atoms with E-state index in [0.29, 0.717) is 16.9 Å². The fraction of sp³-hybridized carbons (Fsp3) is 0.643. The van der Waals surface area contributed by atoms with E-state index >= 15 is 0 Å². The molecule has 2 atom stereocenters. The van der Waals surface area contributed by atoms with Crippen LogP contribution in [0.5, 0.6) is 0 Å². The SMILES string of the molecule is CC(C)(C)/C(C(=O)O)=C1/C[C@]2(C)CC=C[C@@H]12. The van der Waals surface area contributed by atoms with Crippen molar-refractivity contribution < 1.29 is 9.90 Å². The zero-order chi connectivity index (χ0) is 12.1. The highest BCUT2D eigenvalue weighted by atomic mass is 16.4. The van der Waals surface area contributed by atoms with Crippen molar-refractivity contribution >= 4 is 5.97 Å². The average Bonchev–Trinajstić information content (AvgIpc) is 2.35. The molecule has 1 fully saturated rings. The number of carbonyl (C=O) groups is 1. The first-order chi connectivity index (χ1) is 7.26. The molecule has 0 aromatic heterocycles. The lowest BCUT2D eigenvalue weighted by Gasteiger charge is -2.47. The third-order valence-corrected chi connectivity index (χ3v) is 3.92. The van der Waals surface area contributed by atoms with Gasteiger partial charge in [-0.25, -0.2) is 4.79 Å². The second kappa shape index (κ2) is 3.22. The second-order valence-electron chi connectivity index (χ2n) is 6.40. The van der Waals surface area contributed by atoms with Gasteiger partial charge in [-0.2, -0.15) is 0 Å². The van der Waals surface area contributed by atoms with Crippen LogP contribution in [-0.2, 0) is 4.79 Å². The van der Waals surface area contributed by atoms with Gasteiger partial charge in [0.25, 0.3) is 0 Å². The molecule has 0 unspecified atom stereocenters. The van der Waals surface area contributed by atoms with Gasteiger partial charge >= 0.3 is 5.97 Å². The van der Waals surface area contributed by atoms with Gasteiger partial charge in [-0.05, 0) is 23.7 Å². The second-order valence-corrected chi connectivity index (χ2v) is 6.40. The highest BCUT2D eigenvalue weighted by Crippen LogP contribution is 2.59. The van der Waals surface area contributed by atoms with Crippen LogP contribution in [-0.4, -0.2) is 11.1 Å². The Morgan fingerprint density at radius 3 is 2.56 bits per heavy atom. The van der Waals surface area contributed by atoms with Crippen LogP contribution < -0.4 is 0 Å². The molecule has 2 heteroatoms. The van der Waals surface area contributed by atoms with Crippen molar-refractivity contribution in [1.29, 1.82) is 0 Å². The molecule has 2 nitrogen and oxygen atoms in total. The Morgan fingerprint density at radius 2 is 2.12 bits per heavy atom. The Kier molecular flexibility index (Phi) is 2.30. The van der Waals surface area contributed by atoms with Crippen molar-refractivity contribution in [3.8, 4) is 0 Å². The molecule has 1 saturated carbocycles. The first kappa shape index (κ1) is 11.4. The van der Waals surface area contributed by atoms with Gasteiger partial charge in [-0.3, -0.25) is 0 Å². The number of allylic oxidation sites excluding steroid dienone is 3. The molecule has 0 aliphatic heterocycles. The maximum absolute atomic E-state index is 11.4. The lowest BCUT2D eigenvalue weighted by atomic mass is 9.56. The van der Waals surface area contributed by atoms with Crippen LogP contribution in [0.1, 0.15) is 40.5 Å². The smallest absolute Gasteiger partial charge is 0.332 e. The topological polar surface area (TPSA) is 37.3 Å². The predicted octanol–water partition coefficient (Wildman–Crippen LogP) is 3.40. The fourth-order valence-corrected chi connectivity index (χ4v) is 3.15. The standard InChI is InChI=1S/C14H20O2/c1-13(2,3)11(12(15)16)9-8-14(4)7-5-6-10(9)14/h5-6,10H,7-8H2,1-4H3,(H,15,16)/b11-9-/t10-,14-/m0/s1. The maximum atomic E-state index is 11.4. The minimum absolute atomic E-state index is 0.265. The number of aliphatic carboxylic acids is 1. The molecule has 0 bridgehead atoms. The van der Waals surface area contributed by atoms with Crippen LogP contribution in [0.3, 0.4) is 0 Å².